The van der Waals surface area contributed by atoms with E-state index >= 15 is 0 Å². The van der Waals surface area contributed by atoms with E-state index in [1.807, 2.05) is 25.1 Å². The topological polar surface area (TPSA) is 111 Å². The summed E-state index contributed by atoms with van der Waals surface area (Å²) in [5.41, 5.74) is 14.7. The number of aryl methyl sites for hydroxylation is 1. The molecule has 0 radical (unpaired) electrons. The number of carbonyl (C=O) groups excluding carboxylic acids is 2. The number of nitrogens with two attached hydrogens (primary N) is 2. The maximum atomic E-state index is 12.3. The Bertz CT molecular complexity index is 999. The Morgan fingerprint density at radius 2 is 1.69 bits per heavy atom. The third kappa shape index (κ3) is 3.70. The predicted octanol–water partition coefficient (Wildman–Crippen LogP) is 2.99. The summed E-state index contributed by atoms with van der Waals surface area (Å²) in [4.78, 5) is 27.9. The quantitative estimate of drug-likeness (QED) is 0.674. The lowest BCUT2D eigenvalue weighted by Gasteiger charge is -2.10. The van der Waals surface area contributed by atoms with Gasteiger partial charge in [0, 0.05) is 16.7 Å². The van der Waals surface area contributed by atoms with Gasteiger partial charge in [0.25, 0.3) is 5.91 Å². The van der Waals surface area contributed by atoms with Gasteiger partial charge in [-0.3, -0.25) is 9.59 Å². The monoisotopic (exact) mass is 346 g/mol. The van der Waals surface area contributed by atoms with Crippen LogP contribution in [0.5, 0.6) is 0 Å². The molecule has 0 spiro atoms. The summed E-state index contributed by atoms with van der Waals surface area (Å²) in [6.07, 6.45) is 0. The molecule has 1 aromatic heterocycles. The van der Waals surface area contributed by atoms with Gasteiger partial charge in [0.2, 0.25) is 5.91 Å². The Kier molecular flexibility index (Phi) is 4.66. The van der Waals surface area contributed by atoms with Gasteiger partial charge >= 0.3 is 0 Å². The number of nitrogen functional groups attached to an aromatic ring is 1. The van der Waals surface area contributed by atoms with E-state index in [4.69, 9.17) is 11.5 Å². The molecule has 0 saturated heterocycles. The Balaban J connectivity index is 1.85. The molecule has 1 heterocycles. The average molecular weight is 346 g/mol. The van der Waals surface area contributed by atoms with E-state index in [0.717, 1.165) is 11.1 Å². The summed E-state index contributed by atoms with van der Waals surface area (Å²) in [5, 5.41) is 2.73. The van der Waals surface area contributed by atoms with Crippen LogP contribution in [0.2, 0.25) is 0 Å². The third-order valence-corrected chi connectivity index (χ3v) is 3.90. The number of carbonyl (C=O) groups is 2. The Morgan fingerprint density at radius 3 is 2.38 bits per heavy atom. The highest BCUT2D eigenvalue weighted by atomic mass is 16.2. The number of nitrogens with one attached hydrogen (secondary N) is 1. The zero-order valence-electron chi connectivity index (χ0n) is 14.2. The molecule has 2 aromatic carbocycles. The molecule has 0 atom stereocenters. The number of nitrogens with zero attached hydrogens (tertiary/aromatic N) is 1. The van der Waals surface area contributed by atoms with E-state index in [-0.39, 0.29) is 11.7 Å². The van der Waals surface area contributed by atoms with Crippen molar-refractivity contribution in [2.45, 2.75) is 6.92 Å². The summed E-state index contributed by atoms with van der Waals surface area (Å²) in [6, 6.07) is 17.5. The maximum absolute atomic E-state index is 12.3. The molecule has 0 aliphatic heterocycles. The van der Waals surface area contributed by atoms with Crippen molar-refractivity contribution in [1.82, 2.24) is 4.98 Å². The van der Waals surface area contributed by atoms with Crippen LogP contribution in [-0.4, -0.2) is 16.8 Å². The van der Waals surface area contributed by atoms with Crippen LogP contribution < -0.4 is 16.8 Å². The summed E-state index contributed by atoms with van der Waals surface area (Å²) in [5.74, 6) is -0.179. The fraction of sp³-hybridized carbons (Fsp3) is 0.0500. The summed E-state index contributed by atoms with van der Waals surface area (Å²) in [6.45, 7) is 1.92. The molecule has 0 aliphatic rings. The molecule has 130 valence electrons. The molecule has 5 N–H and O–H groups in total. The minimum Gasteiger partial charge on any atom is -0.383 e. The number of amides is 2. The SMILES string of the molecule is Cc1cccc(C(=O)Nc2ccc(-c3cccc(C(N)=O)c3)c(N)n2)c1. The van der Waals surface area contributed by atoms with Crippen molar-refractivity contribution in [3.63, 3.8) is 0 Å². The molecule has 3 rings (SSSR count). The van der Waals surface area contributed by atoms with E-state index in [9.17, 15) is 9.59 Å². The van der Waals surface area contributed by atoms with Crippen LogP contribution in [0, 0.1) is 6.92 Å². The Labute approximate surface area is 150 Å². The lowest BCUT2D eigenvalue weighted by Crippen LogP contribution is -2.13. The second kappa shape index (κ2) is 7.06. The van der Waals surface area contributed by atoms with E-state index in [1.165, 1.54) is 0 Å². The van der Waals surface area contributed by atoms with Gasteiger partial charge in [-0.1, -0.05) is 29.8 Å². The van der Waals surface area contributed by atoms with Crippen molar-refractivity contribution in [3.8, 4) is 11.1 Å². The molecular weight excluding hydrogens is 328 g/mol. The Morgan fingerprint density at radius 1 is 0.962 bits per heavy atom. The number of hydrogen-bond acceptors (Lipinski definition) is 4. The van der Waals surface area contributed by atoms with E-state index in [2.05, 4.69) is 10.3 Å². The molecular formula is C20H18N4O2. The third-order valence-electron chi connectivity index (χ3n) is 3.90. The smallest absolute Gasteiger partial charge is 0.256 e. The van der Waals surface area contributed by atoms with Crippen LogP contribution in [-0.2, 0) is 0 Å². The van der Waals surface area contributed by atoms with Crippen molar-refractivity contribution < 1.29 is 9.59 Å². The molecule has 0 unspecified atom stereocenters. The van der Waals surface area contributed by atoms with Crippen molar-refractivity contribution >= 4 is 23.5 Å². The highest BCUT2D eigenvalue weighted by Crippen LogP contribution is 2.26. The summed E-state index contributed by atoms with van der Waals surface area (Å²) in [7, 11) is 0. The summed E-state index contributed by atoms with van der Waals surface area (Å²) >= 11 is 0. The van der Waals surface area contributed by atoms with Crippen LogP contribution in [0.25, 0.3) is 11.1 Å². The van der Waals surface area contributed by atoms with Gasteiger partial charge in [0.1, 0.15) is 11.6 Å². The largest absolute Gasteiger partial charge is 0.383 e. The van der Waals surface area contributed by atoms with Gasteiger partial charge in [-0.25, -0.2) is 4.98 Å². The minimum atomic E-state index is -0.514. The number of aromatic nitrogens is 1. The second-order valence-corrected chi connectivity index (χ2v) is 5.90. The molecule has 0 aliphatic carbocycles. The van der Waals surface area contributed by atoms with Crippen LogP contribution in [0.15, 0.2) is 60.7 Å². The zero-order valence-corrected chi connectivity index (χ0v) is 14.2. The van der Waals surface area contributed by atoms with Crippen molar-refractivity contribution in [1.29, 1.82) is 0 Å². The van der Waals surface area contributed by atoms with Gasteiger partial charge in [-0.2, -0.15) is 0 Å². The first kappa shape index (κ1) is 17.2. The zero-order chi connectivity index (χ0) is 18.7. The van der Waals surface area contributed by atoms with Crippen molar-refractivity contribution in [3.05, 3.63) is 77.4 Å². The lowest BCUT2D eigenvalue weighted by atomic mass is 10.0. The molecule has 0 saturated carbocycles. The van der Waals surface area contributed by atoms with Crippen LogP contribution in [0.1, 0.15) is 26.3 Å². The second-order valence-electron chi connectivity index (χ2n) is 5.90. The number of rotatable bonds is 4. The molecule has 3 aromatic rings. The predicted molar refractivity (Wildman–Crippen MR) is 102 cm³/mol. The average Bonchev–Trinajstić information content (AvgIpc) is 2.62. The number of anilines is 2. The molecule has 26 heavy (non-hydrogen) atoms. The highest BCUT2D eigenvalue weighted by Gasteiger charge is 2.11. The highest BCUT2D eigenvalue weighted by molar-refractivity contribution is 6.04. The lowest BCUT2D eigenvalue weighted by molar-refractivity contribution is 0.0997. The standard InChI is InChI=1S/C20H18N4O2/c1-12-4-2-7-15(10-12)20(26)24-17-9-8-16(18(21)23-17)13-5-3-6-14(11-13)19(22)25/h2-11H,1H3,(H2,22,25)(H3,21,23,24,26). The van der Waals surface area contributed by atoms with Crippen LogP contribution >= 0.6 is 0 Å². The van der Waals surface area contributed by atoms with E-state index in [0.29, 0.717) is 22.5 Å². The maximum Gasteiger partial charge on any atom is 0.256 e. The fourth-order valence-electron chi connectivity index (χ4n) is 2.60. The number of primary amides is 1. The van der Waals surface area contributed by atoms with Gasteiger partial charge in [0.15, 0.2) is 0 Å². The molecule has 6 heteroatoms. The van der Waals surface area contributed by atoms with Crippen LogP contribution in [0.4, 0.5) is 11.6 Å². The minimum absolute atomic E-state index is 0.244. The molecule has 0 bridgehead atoms. The fourth-order valence-corrected chi connectivity index (χ4v) is 2.60. The van der Waals surface area contributed by atoms with Gasteiger partial charge in [-0.05, 0) is 48.9 Å². The summed E-state index contributed by atoms with van der Waals surface area (Å²) < 4.78 is 0. The molecule has 0 fully saturated rings. The van der Waals surface area contributed by atoms with Gasteiger partial charge in [0.05, 0.1) is 0 Å². The number of benzene rings is 2. The number of pyridine rings is 1. The normalized spacial score (nSPS) is 10.3. The van der Waals surface area contributed by atoms with Crippen LogP contribution in [0.3, 0.4) is 0 Å². The van der Waals surface area contributed by atoms with Gasteiger partial charge < -0.3 is 16.8 Å². The van der Waals surface area contributed by atoms with Gasteiger partial charge in [-0.15, -0.1) is 0 Å². The Hall–Kier alpha value is -3.67. The van der Waals surface area contributed by atoms with E-state index in [1.54, 1.807) is 42.5 Å². The first-order chi connectivity index (χ1) is 12.4. The van der Waals surface area contributed by atoms with Crippen molar-refractivity contribution in [2.75, 3.05) is 11.1 Å². The van der Waals surface area contributed by atoms with E-state index < -0.39 is 5.91 Å². The molecule has 2 amide bonds. The van der Waals surface area contributed by atoms with Crippen molar-refractivity contribution in [2.24, 2.45) is 5.73 Å². The number of hydrogen-bond donors (Lipinski definition) is 3. The molecule has 6 nitrogen and oxygen atoms in total. The first-order valence-corrected chi connectivity index (χ1v) is 7.99. The first-order valence-electron chi connectivity index (χ1n) is 7.99.